The van der Waals surface area contributed by atoms with E-state index in [1.165, 1.54) is 25.7 Å². The molecule has 1 aliphatic rings. The summed E-state index contributed by atoms with van der Waals surface area (Å²) in [5, 5.41) is 4.37. The van der Waals surface area contributed by atoms with Crippen LogP contribution in [0.2, 0.25) is 0 Å². The quantitative estimate of drug-likeness (QED) is 0.825. The van der Waals surface area contributed by atoms with Gasteiger partial charge in [-0.2, -0.15) is 5.10 Å². The van der Waals surface area contributed by atoms with Gasteiger partial charge in [0.15, 0.2) is 0 Å². The van der Waals surface area contributed by atoms with Crippen LogP contribution in [0, 0.1) is 11.8 Å². The van der Waals surface area contributed by atoms with Crippen LogP contribution in [0.4, 0.5) is 0 Å². The molecule has 3 heteroatoms. The van der Waals surface area contributed by atoms with E-state index >= 15 is 0 Å². The highest BCUT2D eigenvalue weighted by molar-refractivity contribution is 4.88. The molecule has 3 atom stereocenters. The topological polar surface area (TPSA) is 43.8 Å². The first kappa shape index (κ1) is 10.7. The highest BCUT2D eigenvalue weighted by atomic mass is 15.3. The molecule has 0 bridgehead atoms. The van der Waals surface area contributed by atoms with Gasteiger partial charge in [0, 0.05) is 12.4 Å². The molecule has 0 amide bonds. The number of aromatic nitrogens is 2. The second kappa shape index (κ2) is 4.79. The minimum absolute atomic E-state index is 0.531. The molecule has 1 aliphatic carbocycles. The van der Waals surface area contributed by atoms with Crippen molar-refractivity contribution in [1.29, 1.82) is 0 Å². The predicted molar refractivity (Wildman–Crippen MR) is 61.4 cm³/mol. The second-order valence-corrected chi connectivity index (χ2v) is 4.64. The summed E-state index contributed by atoms with van der Waals surface area (Å²) in [6, 6.07) is 2.53. The fourth-order valence-electron chi connectivity index (χ4n) is 2.74. The van der Waals surface area contributed by atoms with Crippen molar-refractivity contribution in [1.82, 2.24) is 9.78 Å². The maximum Gasteiger partial charge on any atom is 0.0562 e. The third kappa shape index (κ3) is 2.23. The summed E-state index contributed by atoms with van der Waals surface area (Å²) in [6.07, 6.45) is 9.08. The number of hydrogen-bond donors (Lipinski definition) is 1. The predicted octanol–water partition coefficient (Wildman–Crippen LogP) is 2.21. The Morgan fingerprint density at radius 3 is 2.93 bits per heavy atom. The molecule has 2 rings (SSSR count). The van der Waals surface area contributed by atoms with E-state index in [-0.39, 0.29) is 0 Å². The van der Waals surface area contributed by atoms with Gasteiger partial charge in [-0.25, -0.2) is 0 Å². The van der Waals surface area contributed by atoms with Crippen molar-refractivity contribution in [2.45, 2.75) is 38.6 Å². The summed E-state index contributed by atoms with van der Waals surface area (Å²) >= 11 is 0. The van der Waals surface area contributed by atoms with Crippen LogP contribution in [0.25, 0.3) is 0 Å². The molecule has 0 aromatic carbocycles. The highest BCUT2D eigenvalue weighted by Crippen LogP contribution is 2.37. The maximum absolute atomic E-state index is 5.85. The standard InChI is InChI=1S/C12H21N3/c1-2-10-4-5-11(9-13)12(8-10)15-7-3-6-14-15/h3,6-7,10-12H,2,4-5,8-9,13H2,1H3. The summed E-state index contributed by atoms with van der Waals surface area (Å²) in [7, 11) is 0. The van der Waals surface area contributed by atoms with Crippen LogP contribution >= 0.6 is 0 Å². The average Bonchev–Trinajstić information content (AvgIpc) is 2.81. The Morgan fingerprint density at radius 2 is 2.33 bits per heavy atom. The molecule has 1 aromatic rings. The van der Waals surface area contributed by atoms with Gasteiger partial charge in [-0.3, -0.25) is 4.68 Å². The summed E-state index contributed by atoms with van der Waals surface area (Å²) in [5.74, 6) is 1.48. The Kier molecular flexibility index (Phi) is 3.41. The summed E-state index contributed by atoms with van der Waals surface area (Å²) in [6.45, 7) is 3.08. The van der Waals surface area contributed by atoms with Crippen LogP contribution < -0.4 is 5.73 Å². The third-order valence-electron chi connectivity index (χ3n) is 3.81. The zero-order chi connectivity index (χ0) is 10.7. The molecule has 1 aromatic heterocycles. The lowest BCUT2D eigenvalue weighted by atomic mass is 9.77. The first-order valence-corrected chi connectivity index (χ1v) is 6.04. The molecule has 15 heavy (non-hydrogen) atoms. The van der Waals surface area contributed by atoms with Crippen LogP contribution in [-0.2, 0) is 0 Å². The maximum atomic E-state index is 5.85. The normalized spacial score (nSPS) is 31.7. The SMILES string of the molecule is CCC1CCC(CN)C(n2cccn2)C1. The minimum atomic E-state index is 0.531. The summed E-state index contributed by atoms with van der Waals surface area (Å²) < 4.78 is 2.11. The molecule has 0 aliphatic heterocycles. The number of rotatable bonds is 3. The van der Waals surface area contributed by atoms with E-state index in [4.69, 9.17) is 5.73 Å². The summed E-state index contributed by atoms with van der Waals surface area (Å²) in [4.78, 5) is 0. The molecule has 0 saturated heterocycles. The summed E-state index contributed by atoms with van der Waals surface area (Å²) in [5.41, 5.74) is 5.85. The largest absolute Gasteiger partial charge is 0.330 e. The van der Waals surface area contributed by atoms with Crippen LogP contribution in [0.15, 0.2) is 18.5 Å². The van der Waals surface area contributed by atoms with Gasteiger partial charge in [0.25, 0.3) is 0 Å². The van der Waals surface area contributed by atoms with Crippen LogP contribution in [0.5, 0.6) is 0 Å². The van der Waals surface area contributed by atoms with Crippen molar-refractivity contribution in [3.8, 4) is 0 Å². The Bertz CT molecular complexity index is 281. The van der Waals surface area contributed by atoms with E-state index in [9.17, 15) is 0 Å². The lowest BCUT2D eigenvalue weighted by Crippen LogP contribution is -2.32. The molecule has 1 heterocycles. The zero-order valence-corrected chi connectivity index (χ0v) is 9.47. The second-order valence-electron chi connectivity index (χ2n) is 4.64. The zero-order valence-electron chi connectivity index (χ0n) is 9.47. The van der Waals surface area contributed by atoms with Gasteiger partial charge in [-0.05, 0) is 43.7 Å². The third-order valence-corrected chi connectivity index (χ3v) is 3.81. The molecule has 3 unspecified atom stereocenters. The Hall–Kier alpha value is -0.830. The van der Waals surface area contributed by atoms with Crippen molar-refractivity contribution in [3.05, 3.63) is 18.5 Å². The highest BCUT2D eigenvalue weighted by Gasteiger charge is 2.30. The van der Waals surface area contributed by atoms with E-state index in [2.05, 4.69) is 22.9 Å². The first-order valence-electron chi connectivity index (χ1n) is 6.04. The minimum Gasteiger partial charge on any atom is -0.330 e. The van der Waals surface area contributed by atoms with Crippen molar-refractivity contribution in [2.75, 3.05) is 6.54 Å². The molecule has 0 spiro atoms. The fraction of sp³-hybridized carbons (Fsp3) is 0.750. The number of nitrogens with two attached hydrogens (primary N) is 1. The van der Waals surface area contributed by atoms with E-state index in [1.807, 2.05) is 12.3 Å². The van der Waals surface area contributed by atoms with Crippen molar-refractivity contribution >= 4 is 0 Å². The van der Waals surface area contributed by atoms with Crippen molar-refractivity contribution in [2.24, 2.45) is 17.6 Å². The number of nitrogens with zero attached hydrogens (tertiary/aromatic N) is 2. The Labute approximate surface area is 91.7 Å². The van der Waals surface area contributed by atoms with Crippen molar-refractivity contribution < 1.29 is 0 Å². The van der Waals surface area contributed by atoms with Gasteiger partial charge in [0.05, 0.1) is 6.04 Å². The lowest BCUT2D eigenvalue weighted by molar-refractivity contribution is 0.173. The molecule has 84 valence electrons. The van der Waals surface area contributed by atoms with Crippen LogP contribution in [0.1, 0.15) is 38.6 Å². The molecule has 0 radical (unpaired) electrons. The molecular formula is C12H21N3. The fourth-order valence-corrected chi connectivity index (χ4v) is 2.74. The van der Waals surface area contributed by atoms with Gasteiger partial charge in [-0.15, -0.1) is 0 Å². The van der Waals surface area contributed by atoms with E-state index < -0.39 is 0 Å². The van der Waals surface area contributed by atoms with E-state index in [1.54, 1.807) is 0 Å². The monoisotopic (exact) mass is 207 g/mol. The first-order chi connectivity index (χ1) is 7.35. The number of hydrogen-bond acceptors (Lipinski definition) is 2. The van der Waals surface area contributed by atoms with E-state index in [0.29, 0.717) is 12.0 Å². The van der Waals surface area contributed by atoms with Gasteiger partial charge in [0.1, 0.15) is 0 Å². The molecule has 2 N–H and O–H groups in total. The van der Waals surface area contributed by atoms with Gasteiger partial charge in [0.2, 0.25) is 0 Å². The van der Waals surface area contributed by atoms with E-state index in [0.717, 1.165) is 12.5 Å². The van der Waals surface area contributed by atoms with Crippen LogP contribution in [-0.4, -0.2) is 16.3 Å². The van der Waals surface area contributed by atoms with Gasteiger partial charge >= 0.3 is 0 Å². The van der Waals surface area contributed by atoms with Crippen LogP contribution in [0.3, 0.4) is 0 Å². The molecule has 1 fully saturated rings. The lowest BCUT2D eigenvalue weighted by Gasteiger charge is -2.35. The van der Waals surface area contributed by atoms with Gasteiger partial charge < -0.3 is 5.73 Å². The Morgan fingerprint density at radius 1 is 1.47 bits per heavy atom. The Balaban J connectivity index is 2.10. The molecule has 3 nitrogen and oxygen atoms in total. The smallest absolute Gasteiger partial charge is 0.0562 e. The van der Waals surface area contributed by atoms with Crippen molar-refractivity contribution in [3.63, 3.8) is 0 Å². The molecular weight excluding hydrogens is 186 g/mol. The van der Waals surface area contributed by atoms with Gasteiger partial charge in [-0.1, -0.05) is 13.3 Å². The average molecular weight is 207 g/mol. The molecule has 1 saturated carbocycles.